The molecule has 0 saturated heterocycles. The van der Waals surface area contributed by atoms with Crippen molar-refractivity contribution in [3.05, 3.63) is 0 Å². The molecular formula is C4H10MgO3. The molecule has 3 nitrogen and oxygen atoms in total. The Morgan fingerprint density at radius 2 is 2.12 bits per heavy atom. The summed E-state index contributed by atoms with van der Waals surface area (Å²) in [4.78, 5) is 9.59. The zero-order chi connectivity index (χ0) is 5.86. The molecular weight excluding hydrogens is 120 g/mol. The van der Waals surface area contributed by atoms with Crippen LogP contribution >= 0.6 is 0 Å². The topological polar surface area (TPSA) is 46.5 Å². The molecule has 8 heavy (non-hydrogen) atoms. The monoisotopic (exact) mass is 130 g/mol. The quantitative estimate of drug-likeness (QED) is 0.424. The van der Waals surface area contributed by atoms with Gasteiger partial charge in [-0.25, -0.2) is 4.79 Å². The standard InChI is InChI=1S/C4H8O3.Mg.2H/c1-3(2)7-4(5)6;;;/h3H,1-2H3,(H,5,6);;;/q;+2;2*-1. The van der Waals surface area contributed by atoms with E-state index >= 15 is 0 Å². The van der Waals surface area contributed by atoms with Crippen molar-refractivity contribution in [2.24, 2.45) is 0 Å². The maximum absolute atomic E-state index is 9.59. The van der Waals surface area contributed by atoms with Gasteiger partial charge in [0.05, 0.1) is 6.10 Å². The van der Waals surface area contributed by atoms with Crippen molar-refractivity contribution in [2.45, 2.75) is 20.0 Å². The third-order valence-corrected chi connectivity index (χ3v) is 0.337. The predicted molar refractivity (Wildman–Crippen MR) is 32.2 cm³/mol. The van der Waals surface area contributed by atoms with Gasteiger partial charge in [-0.3, -0.25) is 0 Å². The van der Waals surface area contributed by atoms with Crippen LogP contribution in [0.5, 0.6) is 0 Å². The van der Waals surface area contributed by atoms with Crippen LogP contribution in [-0.2, 0) is 4.74 Å². The van der Waals surface area contributed by atoms with Gasteiger partial charge in [-0.15, -0.1) is 0 Å². The van der Waals surface area contributed by atoms with E-state index in [2.05, 4.69) is 4.74 Å². The maximum Gasteiger partial charge on any atom is 2.00 e. The van der Waals surface area contributed by atoms with Crippen molar-refractivity contribution in [3.8, 4) is 0 Å². The molecule has 0 aromatic carbocycles. The van der Waals surface area contributed by atoms with Crippen molar-refractivity contribution in [2.75, 3.05) is 0 Å². The molecule has 0 aromatic heterocycles. The van der Waals surface area contributed by atoms with E-state index in [0.717, 1.165) is 0 Å². The summed E-state index contributed by atoms with van der Waals surface area (Å²) in [5, 5.41) is 7.86. The first-order valence-corrected chi connectivity index (χ1v) is 2.02. The molecule has 0 radical (unpaired) electrons. The Hall–Kier alpha value is 0.0362. The minimum absolute atomic E-state index is 0. The first-order valence-electron chi connectivity index (χ1n) is 2.02. The summed E-state index contributed by atoms with van der Waals surface area (Å²) >= 11 is 0. The molecule has 0 amide bonds. The van der Waals surface area contributed by atoms with Crippen LogP contribution < -0.4 is 0 Å². The van der Waals surface area contributed by atoms with Gasteiger partial charge in [0.1, 0.15) is 0 Å². The number of ether oxygens (including phenoxy) is 1. The van der Waals surface area contributed by atoms with Gasteiger partial charge >= 0.3 is 29.2 Å². The SMILES string of the molecule is CC(C)OC(=O)O.[H-].[H-].[Mg+2]. The molecule has 0 atom stereocenters. The molecule has 46 valence electrons. The maximum atomic E-state index is 9.59. The summed E-state index contributed by atoms with van der Waals surface area (Å²) in [6.45, 7) is 3.32. The molecule has 0 bridgehead atoms. The van der Waals surface area contributed by atoms with E-state index < -0.39 is 6.16 Å². The van der Waals surface area contributed by atoms with E-state index in [1.54, 1.807) is 13.8 Å². The smallest absolute Gasteiger partial charge is 1.00 e. The number of hydrogen-bond acceptors (Lipinski definition) is 2. The van der Waals surface area contributed by atoms with E-state index in [4.69, 9.17) is 5.11 Å². The molecule has 0 aliphatic rings. The molecule has 4 heteroatoms. The first kappa shape index (κ1) is 10.9. The number of carboxylic acid groups (broad SMARTS) is 1. The summed E-state index contributed by atoms with van der Waals surface area (Å²) < 4.78 is 4.17. The number of rotatable bonds is 1. The van der Waals surface area contributed by atoms with Gasteiger partial charge in [0, 0.05) is 0 Å². The Morgan fingerprint density at radius 3 is 2.12 bits per heavy atom. The summed E-state index contributed by atoms with van der Waals surface area (Å²) in [6, 6.07) is 0. The Bertz CT molecular complexity index is 78.9. The Kier molecular flexibility index (Phi) is 7.07. The van der Waals surface area contributed by atoms with Crippen LogP contribution in [0.2, 0.25) is 0 Å². The van der Waals surface area contributed by atoms with Crippen LogP contribution in [0.4, 0.5) is 4.79 Å². The van der Waals surface area contributed by atoms with E-state index in [9.17, 15) is 4.79 Å². The Labute approximate surface area is 67.1 Å². The third kappa shape index (κ3) is 9.40. The fourth-order valence-corrected chi connectivity index (χ4v) is 0.202. The van der Waals surface area contributed by atoms with Crippen LogP contribution in [0.1, 0.15) is 16.7 Å². The molecule has 0 aromatic rings. The summed E-state index contributed by atoms with van der Waals surface area (Å²) in [7, 11) is 0. The van der Waals surface area contributed by atoms with Gasteiger partial charge in [0.15, 0.2) is 0 Å². The van der Waals surface area contributed by atoms with Crippen molar-refractivity contribution in [1.29, 1.82) is 0 Å². The second-order valence-corrected chi connectivity index (χ2v) is 1.43. The predicted octanol–water partition coefficient (Wildman–Crippen LogP) is 0.934. The van der Waals surface area contributed by atoms with Crippen LogP contribution in [0.15, 0.2) is 0 Å². The average molecular weight is 130 g/mol. The van der Waals surface area contributed by atoms with Gasteiger partial charge in [-0.1, -0.05) is 0 Å². The second-order valence-electron chi connectivity index (χ2n) is 1.43. The summed E-state index contributed by atoms with van der Waals surface area (Å²) in [5.74, 6) is 0. The van der Waals surface area contributed by atoms with Crippen molar-refractivity contribution < 1.29 is 17.5 Å². The van der Waals surface area contributed by atoms with E-state index in [1.165, 1.54) is 0 Å². The van der Waals surface area contributed by atoms with Gasteiger partial charge in [0.2, 0.25) is 0 Å². The molecule has 0 unspecified atom stereocenters. The largest absolute Gasteiger partial charge is 2.00 e. The molecule has 0 fully saturated rings. The van der Waals surface area contributed by atoms with Crippen molar-refractivity contribution in [1.82, 2.24) is 0 Å². The minimum atomic E-state index is -1.21. The van der Waals surface area contributed by atoms with Gasteiger partial charge in [0.25, 0.3) is 0 Å². The third-order valence-electron chi connectivity index (χ3n) is 0.337. The summed E-state index contributed by atoms with van der Waals surface area (Å²) in [5.41, 5.74) is 0. The molecule has 0 aliphatic carbocycles. The van der Waals surface area contributed by atoms with E-state index in [1.807, 2.05) is 0 Å². The first-order chi connectivity index (χ1) is 3.13. The minimum Gasteiger partial charge on any atom is -1.00 e. The summed E-state index contributed by atoms with van der Waals surface area (Å²) in [6.07, 6.45) is -1.44. The van der Waals surface area contributed by atoms with E-state index in [-0.39, 0.29) is 32.0 Å². The van der Waals surface area contributed by atoms with Gasteiger partial charge in [-0.05, 0) is 13.8 Å². The van der Waals surface area contributed by atoms with Crippen LogP contribution in [0, 0.1) is 0 Å². The molecule has 0 rings (SSSR count). The zero-order valence-electron chi connectivity index (χ0n) is 7.05. The van der Waals surface area contributed by atoms with Gasteiger partial charge in [-0.2, -0.15) is 0 Å². The fourth-order valence-electron chi connectivity index (χ4n) is 0.202. The normalized spacial score (nSPS) is 7.88. The zero-order valence-corrected chi connectivity index (χ0v) is 6.46. The average Bonchev–Trinajstić information content (AvgIpc) is 1.27. The molecule has 1 N–H and O–H groups in total. The van der Waals surface area contributed by atoms with E-state index in [0.29, 0.717) is 0 Å². The van der Waals surface area contributed by atoms with Crippen molar-refractivity contribution >= 4 is 29.2 Å². The molecule has 0 spiro atoms. The number of carbonyl (C=O) groups is 1. The molecule has 0 heterocycles. The van der Waals surface area contributed by atoms with Crippen molar-refractivity contribution in [3.63, 3.8) is 0 Å². The molecule has 0 saturated carbocycles. The second kappa shape index (κ2) is 5.18. The van der Waals surface area contributed by atoms with Crippen LogP contribution in [0.3, 0.4) is 0 Å². The fraction of sp³-hybridized carbons (Fsp3) is 0.750. The Balaban J connectivity index is -0.0000000600. The van der Waals surface area contributed by atoms with Crippen LogP contribution in [0.25, 0.3) is 0 Å². The van der Waals surface area contributed by atoms with Gasteiger partial charge < -0.3 is 12.7 Å². The van der Waals surface area contributed by atoms with Crippen LogP contribution in [-0.4, -0.2) is 40.4 Å². The Morgan fingerprint density at radius 1 is 1.75 bits per heavy atom. The molecule has 0 aliphatic heterocycles. The number of hydrogen-bond donors (Lipinski definition) is 1.